The summed E-state index contributed by atoms with van der Waals surface area (Å²) < 4.78 is 0. The molecular weight excluding hydrogens is 436 g/mol. The van der Waals surface area contributed by atoms with E-state index in [4.69, 9.17) is 11.5 Å². The van der Waals surface area contributed by atoms with Gasteiger partial charge in [0.25, 0.3) is 5.91 Å². The molecule has 6 N–H and O–H groups in total. The molecule has 5 rings (SSSR count). The van der Waals surface area contributed by atoms with Crippen molar-refractivity contribution in [1.29, 1.82) is 0 Å². The zero-order chi connectivity index (χ0) is 23.5. The topological polar surface area (TPSA) is 180 Å². The number of hydrogen-bond acceptors (Lipinski definition) is 10. The Balaban J connectivity index is 1.50. The molecule has 1 fully saturated rings. The first-order chi connectivity index (χ1) is 16.6. The second kappa shape index (κ2) is 9.23. The number of carbonyl (C=O) groups excluding carboxylic acids is 1. The monoisotopic (exact) mass is 460 g/mol. The summed E-state index contributed by atoms with van der Waals surface area (Å²) in [5, 5.41) is 23.3. The van der Waals surface area contributed by atoms with Gasteiger partial charge in [0, 0.05) is 17.8 Å². The van der Waals surface area contributed by atoms with Gasteiger partial charge >= 0.3 is 0 Å². The average molecular weight is 461 g/mol. The van der Waals surface area contributed by atoms with Gasteiger partial charge in [-0.15, -0.1) is 0 Å². The fraction of sp³-hybridized carbons (Fsp3) is 0.286. The molecule has 0 radical (unpaired) electrons. The molecule has 1 aliphatic carbocycles. The van der Waals surface area contributed by atoms with Crippen molar-refractivity contribution in [3.8, 4) is 11.4 Å². The van der Waals surface area contributed by atoms with Crippen LogP contribution in [0.15, 0.2) is 49.2 Å². The Morgan fingerprint density at radius 1 is 0.941 bits per heavy atom. The predicted molar refractivity (Wildman–Crippen MR) is 124 cm³/mol. The maximum atomic E-state index is 12.1. The maximum Gasteiger partial charge on any atom is 0.271 e. The van der Waals surface area contributed by atoms with Gasteiger partial charge in [-0.1, -0.05) is 12.8 Å². The van der Waals surface area contributed by atoms with Crippen molar-refractivity contribution in [3.05, 3.63) is 54.9 Å². The molecule has 1 saturated carbocycles. The third kappa shape index (κ3) is 4.54. The van der Waals surface area contributed by atoms with Crippen LogP contribution < -0.4 is 22.1 Å². The van der Waals surface area contributed by atoms with E-state index in [2.05, 4.69) is 41.0 Å². The molecule has 0 bridgehead atoms. The molecule has 4 aromatic rings. The van der Waals surface area contributed by atoms with E-state index in [0.717, 1.165) is 25.7 Å². The third-order valence-corrected chi connectivity index (χ3v) is 5.62. The molecule has 3 aromatic heterocycles. The summed E-state index contributed by atoms with van der Waals surface area (Å²) in [5.74, 6) is 0.0234. The van der Waals surface area contributed by atoms with Gasteiger partial charge < -0.3 is 22.1 Å². The summed E-state index contributed by atoms with van der Waals surface area (Å²) in [6.07, 6.45) is 11.9. The SMILES string of the molecule is NC(=O)c1ncc(N[C@@H]2CCCC[C@@H]2N)nc1Nc1cc(-n2nccn2)cc(-n2nccn2)c1. The summed E-state index contributed by atoms with van der Waals surface area (Å²) >= 11 is 0. The molecule has 13 nitrogen and oxygen atoms in total. The summed E-state index contributed by atoms with van der Waals surface area (Å²) in [6, 6.07) is 5.55. The average Bonchev–Trinajstić information content (AvgIpc) is 3.55. The number of nitrogens with zero attached hydrogens (tertiary/aromatic N) is 8. The largest absolute Gasteiger partial charge is 0.364 e. The number of nitrogens with two attached hydrogens (primary N) is 2. The van der Waals surface area contributed by atoms with Crippen LogP contribution >= 0.6 is 0 Å². The van der Waals surface area contributed by atoms with Gasteiger partial charge in [0.1, 0.15) is 5.82 Å². The van der Waals surface area contributed by atoms with Crippen molar-refractivity contribution >= 4 is 23.2 Å². The lowest BCUT2D eigenvalue weighted by Crippen LogP contribution is -2.42. The van der Waals surface area contributed by atoms with E-state index in [9.17, 15) is 4.79 Å². The standard InChI is InChI=1S/C21H24N12O/c22-16-3-1-2-4-17(16)30-18-12-24-19(20(23)34)21(31-18)29-13-9-14(32-25-5-6-26-32)11-15(10-13)33-27-7-8-28-33/h5-12,16-17H,1-4,22H2,(H2,23,34)(H2,29,30,31)/t16-,17+/m0/s1. The van der Waals surface area contributed by atoms with Gasteiger partial charge in [0.15, 0.2) is 11.5 Å². The predicted octanol–water partition coefficient (Wildman–Crippen LogP) is 1.16. The number of benzene rings is 1. The fourth-order valence-electron chi connectivity index (χ4n) is 3.99. The highest BCUT2D eigenvalue weighted by Crippen LogP contribution is 2.26. The second-order valence-electron chi connectivity index (χ2n) is 8.02. The van der Waals surface area contributed by atoms with Gasteiger partial charge in [-0.3, -0.25) is 4.79 Å². The number of nitrogens with one attached hydrogen (secondary N) is 2. The van der Waals surface area contributed by atoms with Crippen LogP contribution in [0.25, 0.3) is 11.4 Å². The van der Waals surface area contributed by atoms with E-state index in [-0.39, 0.29) is 23.6 Å². The second-order valence-corrected chi connectivity index (χ2v) is 8.02. The van der Waals surface area contributed by atoms with Crippen LogP contribution in [0.1, 0.15) is 36.2 Å². The number of carbonyl (C=O) groups is 1. The molecular formula is C21H24N12O. The minimum atomic E-state index is -0.699. The minimum absolute atomic E-state index is 0.0138. The van der Waals surface area contributed by atoms with Gasteiger partial charge in [-0.25, -0.2) is 9.97 Å². The van der Waals surface area contributed by atoms with E-state index >= 15 is 0 Å². The van der Waals surface area contributed by atoms with Crippen LogP contribution in [0.3, 0.4) is 0 Å². The smallest absolute Gasteiger partial charge is 0.271 e. The van der Waals surface area contributed by atoms with Crippen LogP contribution in [-0.4, -0.2) is 57.9 Å². The Kier molecular flexibility index (Phi) is 5.82. The Morgan fingerprint density at radius 3 is 2.15 bits per heavy atom. The van der Waals surface area contributed by atoms with Crippen molar-refractivity contribution in [2.24, 2.45) is 11.5 Å². The van der Waals surface area contributed by atoms with Crippen molar-refractivity contribution in [2.45, 2.75) is 37.8 Å². The molecule has 0 spiro atoms. The lowest BCUT2D eigenvalue weighted by Gasteiger charge is -2.29. The Morgan fingerprint density at radius 2 is 1.56 bits per heavy atom. The molecule has 174 valence electrons. The fourth-order valence-corrected chi connectivity index (χ4v) is 3.99. The lowest BCUT2D eigenvalue weighted by molar-refractivity contribution is 0.0996. The van der Waals surface area contributed by atoms with Crippen LogP contribution in [0, 0.1) is 0 Å². The molecule has 1 amide bonds. The molecule has 1 aliphatic rings. The highest BCUT2D eigenvalue weighted by atomic mass is 16.1. The quantitative estimate of drug-likeness (QED) is 0.312. The highest BCUT2D eigenvalue weighted by Gasteiger charge is 2.23. The third-order valence-electron chi connectivity index (χ3n) is 5.62. The van der Waals surface area contributed by atoms with Gasteiger partial charge in [0.05, 0.1) is 42.4 Å². The van der Waals surface area contributed by atoms with Crippen LogP contribution in [0.2, 0.25) is 0 Å². The van der Waals surface area contributed by atoms with Crippen LogP contribution in [0.4, 0.5) is 17.3 Å². The molecule has 1 aromatic carbocycles. The molecule has 3 heterocycles. The van der Waals surface area contributed by atoms with Crippen molar-refractivity contribution in [3.63, 3.8) is 0 Å². The molecule has 0 aliphatic heterocycles. The first-order valence-corrected chi connectivity index (χ1v) is 10.9. The molecule has 34 heavy (non-hydrogen) atoms. The molecule has 2 atom stereocenters. The zero-order valence-corrected chi connectivity index (χ0v) is 18.2. The molecule has 13 heteroatoms. The van der Waals surface area contributed by atoms with E-state index in [0.29, 0.717) is 22.9 Å². The Hall–Kier alpha value is -4.39. The zero-order valence-electron chi connectivity index (χ0n) is 18.2. The van der Waals surface area contributed by atoms with E-state index in [1.54, 1.807) is 36.9 Å². The summed E-state index contributed by atoms with van der Waals surface area (Å²) in [6.45, 7) is 0. The van der Waals surface area contributed by atoms with E-state index in [1.807, 2.05) is 6.07 Å². The van der Waals surface area contributed by atoms with Crippen molar-refractivity contribution < 1.29 is 4.79 Å². The minimum Gasteiger partial charge on any atom is -0.364 e. The Bertz CT molecular complexity index is 1220. The van der Waals surface area contributed by atoms with Crippen molar-refractivity contribution in [1.82, 2.24) is 40.0 Å². The number of rotatable bonds is 7. The maximum absolute atomic E-state index is 12.1. The number of amides is 1. The summed E-state index contributed by atoms with van der Waals surface area (Å²) in [5.41, 5.74) is 13.7. The summed E-state index contributed by atoms with van der Waals surface area (Å²) in [7, 11) is 0. The van der Waals surface area contributed by atoms with Gasteiger partial charge in [0.2, 0.25) is 0 Å². The Labute approximate surface area is 194 Å². The number of primary amides is 1. The van der Waals surface area contributed by atoms with E-state index < -0.39 is 5.91 Å². The van der Waals surface area contributed by atoms with Gasteiger partial charge in [-0.05, 0) is 31.0 Å². The number of anilines is 3. The van der Waals surface area contributed by atoms with Crippen molar-refractivity contribution in [2.75, 3.05) is 10.6 Å². The normalized spacial score (nSPS) is 17.9. The van der Waals surface area contributed by atoms with Crippen LogP contribution in [0.5, 0.6) is 0 Å². The highest BCUT2D eigenvalue weighted by molar-refractivity contribution is 5.96. The first kappa shape index (κ1) is 21.5. The first-order valence-electron chi connectivity index (χ1n) is 10.9. The van der Waals surface area contributed by atoms with Crippen LogP contribution in [-0.2, 0) is 0 Å². The number of hydrogen-bond donors (Lipinski definition) is 4. The summed E-state index contributed by atoms with van der Waals surface area (Å²) in [4.78, 5) is 23.8. The number of aromatic nitrogens is 8. The van der Waals surface area contributed by atoms with E-state index in [1.165, 1.54) is 15.8 Å². The molecule has 0 unspecified atom stereocenters. The lowest BCUT2D eigenvalue weighted by atomic mass is 9.91. The van der Waals surface area contributed by atoms with Gasteiger partial charge in [-0.2, -0.15) is 30.0 Å². The molecule has 0 saturated heterocycles.